The van der Waals surface area contributed by atoms with Crippen molar-refractivity contribution in [3.63, 3.8) is 0 Å². The van der Waals surface area contributed by atoms with Crippen LogP contribution in [0.3, 0.4) is 0 Å². The van der Waals surface area contributed by atoms with Gasteiger partial charge in [-0.15, -0.1) is 0 Å². The van der Waals surface area contributed by atoms with Crippen molar-refractivity contribution in [2.24, 2.45) is 39.6 Å². The van der Waals surface area contributed by atoms with Gasteiger partial charge in [-0.1, -0.05) is 26.0 Å². The maximum atomic E-state index is 13.7. The molecule has 6 unspecified atom stereocenters. The summed E-state index contributed by atoms with van der Waals surface area (Å²) in [6, 6.07) is -2.68. The van der Waals surface area contributed by atoms with Crippen LogP contribution in [0.15, 0.2) is 29.3 Å². The maximum Gasteiger partial charge on any atom is 0.326 e. The molecule has 1 rings (SSSR count). The van der Waals surface area contributed by atoms with Crippen molar-refractivity contribution in [2.45, 2.75) is 108 Å². The number of phenols is 1. The van der Waals surface area contributed by atoms with Crippen LogP contribution >= 0.6 is 0 Å². The standard InChI is InChI=1S/C35H57N11O11/c1-18(2)28(33(55)45-25(34(56)57)16-19-8-10-20(47)11-9-19)46-32(54)24(17-27(49)50)44-31(53)23(6-3-4-14-36)43-30(52)22(7-5-15-41-35(39)40)42-26(48)13-12-21(37)29(38)51/h8-11,18,21-25,28,47H,3-7,12-17,36-37H2,1-2H3,(H2,38,51)(H,42,48)(H,43,52)(H,44,53)(H,45,55)(H,46,54)(H,49,50)(H,56,57)(H4,39,40,41). The summed E-state index contributed by atoms with van der Waals surface area (Å²) >= 11 is 0. The van der Waals surface area contributed by atoms with Crippen LogP contribution in [0.25, 0.3) is 0 Å². The number of carbonyl (C=O) groups is 8. The molecule has 6 amide bonds. The number of benzene rings is 1. The average Bonchev–Trinajstić information content (AvgIpc) is 3.13. The molecule has 0 aromatic heterocycles. The monoisotopic (exact) mass is 807 g/mol. The topological polar surface area (TPSA) is 400 Å². The van der Waals surface area contributed by atoms with Crippen molar-refractivity contribution < 1.29 is 53.7 Å². The Balaban J connectivity index is 3.25. The molecule has 0 aliphatic rings. The number of aliphatic imine (C=N–C) groups is 1. The van der Waals surface area contributed by atoms with Crippen LogP contribution in [0, 0.1) is 5.92 Å². The molecule has 0 heterocycles. The van der Waals surface area contributed by atoms with E-state index in [1.54, 1.807) is 13.8 Å². The molecular weight excluding hydrogens is 750 g/mol. The van der Waals surface area contributed by atoms with Gasteiger partial charge < -0.3 is 70.6 Å². The third-order valence-electron chi connectivity index (χ3n) is 8.47. The highest BCUT2D eigenvalue weighted by atomic mass is 16.4. The van der Waals surface area contributed by atoms with E-state index in [4.69, 9.17) is 28.7 Å². The van der Waals surface area contributed by atoms with Crippen LogP contribution in [-0.2, 0) is 44.8 Å². The zero-order chi connectivity index (χ0) is 43.2. The van der Waals surface area contributed by atoms with Crippen molar-refractivity contribution in [1.29, 1.82) is 0 Å². The molecule has 0 spiro atoms. The fraction of sp³-hybridized carbons (Fsp3) is 0.571. The number of unbranched alkanes of at least 4 members (excludes halogenated alkanes) is 1. The summed E-state index contributed by atoms with van der Waals surface area (Å²) in [4.78, 5) is 106. The van der Waals surface area contributed by atoms with Crippen molar-refractivity contribution in [3.8, 4) is 5.75 Å². The largest absolute Gasteiger partial charge is 0.508 e. The van der Waals surface area contributed by atoms with Gasteiger partial charge in [-0.2, -0.15) is 0 Å². The SMILES string of the molecule is CC(C)C(NC(=O)C(CC(=O)O)NC(=O)C(CCCCN)NC(=O)C(CCCN=C(N)N)NC(=O)CCC(N)C(N)=O)C(=O)NC(Cc1ccc(O)cc1)C(=O)O. The van der Waals surface area contributed by atoms with Gasteiger partial charge in [-0.05, 0) is 68.7 Å². The Labute approximate surface area is 329 Å². The van der Waals surface area contributed by atoms with E-state index in [0.29, 0.717) is 18.4 Å². The van der Waals surface area contributed by atoms with Gasteiger partial charge in [0.1, 0.15) is 36.0 Å². The molecule has 0 radical (unpaired) electrons. The summed E-state index contributed by atoms with van der Waals surface area (Å²) in [5.74, 6) is -9.04. The number of aliphatic carboxylic acids is 2. The number of nitrogens with zero attached hydrogens (tertiary/aromatic N) is 1. The van der Waals surface area contributed by atoms with Crippen LogP contribution in [0.2, 0.25) is 0 Å². The van der Waals surface area contributed by atoms with E-state index in [1.807, 2.05) is 0 Å². The Kier molecular flexibility index (Phi) is 21.7. The maximum absolute atomic E-state index is 13.7. The number of phenolic OH excluding ortho intramolecular Hbond substituents is 1. The molecule has 0 saturated heterocycles. The van der Waals surface area contributed by atoms with Gasteiger partial charge in [0, 0.05) is 19.4 Å². The van der Waals surface area contributed by atoms with E-state index in [-0.39, 0.29) is 63.3 Å². The zero-order valence-corrected chi connectivity index (χ0v) is 32.1. The van der Waals surface area contributed by atoms with Crippen LogP contribution < -0.4 is 55.3 Å². The molecule has 0 saturated carbocycles. The second kappa shape index (κ2) is 25.2. The van der Waals surface area contributed by atoms with Gasteiger partial charge in [0.25, 0.3) is 0 Å². The average molecular weight is 808 g/mol. The van der Waals surface area contributed by atoms with Crippen LogP contribution in [0.4, 0.5) is 0 Å². The number of guanidine groups is 1. The van der Waals surface area contributed by atoms with Gasteiger partial charge in [-0.25, -0.2) is 4.79 Å². The summed E-state index contributed by atoms with van der Waals surface area (Å²) in [5, 5.41) is 41.1. The van der Waals surface area contributed by atoms with E-state index < -0.39 is 96.0 Å². The number of carboxylic acid groups (broad SMARTS) is 2. The molecule has 318 valence electrons. The molecule has 0 aliphatic heterocycles. The first-order chi connectivity index (χ1) is 26.7. The smallest absolute Gasteiger partial charge is 0.326 e. The van der Waals surface area contributed by atoms with E-state index in [1.165, 1.54) is 24.3 Å². The summed E-state index contributed by atoms with van der Waals surface area (Å²) in [6.45, 7) is 3.42. The Morgan fingerprint density at radius 3 is 1.77 bits per heavy atom. The summed E-state index contributed by atoms with van der Waals surface area (Å²) in [7, 11) is 0. The minimum absolute atomic E-state index is 0.00621. The predicted octanol–water partition coefficient (Wildman–Crippen LogP) is -3.65. The minimum atomic E-state index is -1.77. The van der Waals surface area contributed by atoms with Gasteiger partial charge in [-0.3, -0.25) is 38.6 Å². The third-order valence-corrected chi connectivity index (χ3v) is 8.47. The van der Waals surface area contributed by atoms with E-state index in [2.05, 4.69) is 31.6 Å². The van der Waals surface area contributed by atoms with Crippen LogP contribution in [-0.4, -0.2) is 118 Å². The molecule has 18 N–H and O–H groups in total. The third kappa shape index (κ3) is 19.4. The highest BCUT2D eigenvalue weighted by molar-refractivity contribution is 5.97. The number of nitrogens with one attached hydrogen (secondary N) is 5. The van der Waals surface area contributed by atoms with Gasteiger partial charge in [0.15, 0.2) is 5.96 Å². The zero-order valence-electron chi connectivity index (χ0n) is 32.1. The summed E-state index contributed by atoms with van der Waals surface area (Å²) < 4.78 is 0. The highest BCUT2D eigenvalue weighted by Crippen LogP contribution is 2.13. The number of carboxylic acids is 2. The minimum Gasteiger partial charge on any atom is -0.508 e. The van der Waals surface area contributed by atoms with Crippen LogP contribution in [0.1, 0.15) is 70.8 Å². The number of amides is 6. The quantitative estimate of drug-likeness (QED) is 0.0232. The molecule has 22 nitrogen and oxygen atoms in total. The molecule has 1 aromatic carbocycles. The first kappa shape index (κ1) is 49.0. The Hall–Kier alpha value is -6.03. The Bertz CT molecular complexity index is 1570. The number of carbonyl (C=O) groups excluding carboxylic acids is 6. The normalized spacial score (nSPS) is 14.1. The summed E-state index contributed by atoms with van der Waals surface area (Å²) in [5.41, 5.74) is 27.6. The number of hydrogen-bond donors (Lipinski definition) is 13. The van der Waals surface area contributed by atoms with Crippen molar-refractivity contribution in [1.82, 2.24) is 26.6 Å². The van der Waals surface area contributed by atoms with E-state index in [0.717, 1.165) is 0 Å². The number of nitrogens with two attached hydrogens (primary N) is 5. The highest BCUT2D eigenvalue weighted by Gasteiger charge is 2.34. The lowest BCUT2D eigenvalue weighted by atomic mass is 10.0. The number of hydrogen-bond acceptors (Lipinski definition) is 12. The second-order valence-electron chi connectivity index (χ2n) is 13.6. The lowest BCUT2D eigenvalue weighted by molar-refractivity contribution is -0.143. The molecule has 1 aromatic rings. The second-order valence-corrected chi connectivity index (χ2v) is 13.6. The molecule has 0 bridgehead atoms. The van der Waals surface area contributed by atoms with Gasteiger partial charge in [0.2, 0.25) is 35.4 Å². The Morgan fingerprint density at radius 1 is 0.702 bits per heavy atom. The first-order valence-electron chi connectivity index (χ1n) is 18.3. The fourth-order valence-corrected chi connectivity index (χ4v) is 5.28. The Morgan fingerprint density at radius 2 is 1.25 bits per heavy atom. The molecule has 57 heavy (non-hydrogen) atoms. The summed E-state index contributed by atoms with van der Waals surface area (Å²) in [6.07, 6.45) is -0.576. The van der Waals surface area contributed by atoms with Gasteiger partial charge >= 0.3 is 11.9 Å². The molecule has 0 aliphatic carbocycles. The number of rotatable bonds is 27. The lowest BCUT2D eigenvalue weighted by Crippen LogP contribution is -2.60. The van der Waals surface area contributed by atoms with E-state index >= 15 is 0 Å². The van der Waals surface area contributed by atoms with Crippen LogP contribution in [0.5, 0.6) is 5.75 Å². The van der Waals surface area contributed by atoms with Crippen molar-refractivity contribution in [2.75, 3.05) is 13.1 Å². The fourth-order valence-electron chi connectivity index (χ4n) is 5.28. The number of primary amides is 1. The van der Waals surface area contributed by atoms with Crippen molar-refractivity contribution >= 4 is 53.3 Å². The number of aromatic hydroxyl groups is 1. The molecule has 22 heteroatoms. The molecule has 0 fully saturated rings. The van der Waals surface area contributed by atoms with Crippen molar-refractivity contribution in [3.05, 3.63) is 29.8 Å². The molecule has 6 atom stereocenters. The van der Waals surface area contributed by atoms with Gasteiger partial charge in [0.05, 0.1) is 12.5 Å². The van der Waals surface area contributed by atoms with E-state index in [9.17, 15) is 53.7 Å². The molecular formula is C35H57N11O11. The first-order valence-corrected chi connectivity index (χ1v) is 18.3. The lowest BCUT2D eigenvalue weighted by Gasteiger charge is -2.28. The predicted molar refractivity (Wildman–Crippen MR) is 205 cm³/mol.